The van der Waals surface area contributed by atoms with E-state index in [0.29, 0.717) is 18.8 Å². The molecule has 0 bridgehead atoms. The van der Waals surface area contributed by atoms with Crippen molar-refractivity contribution in [2.45, 2.75) is 38.6 Å². The number of carbonyl (C=O) groups excluding carboxylic acids is 2. The number of amides is 2. The average Bonchev–Trinajstić information content (AvgIpc) is 2.71. The van der Waals surface area contributed by atoms with Gasteiger partial charge in [0.15, 0.2) is 0 Å². The SMILES string of the molecule is CC(C)c1csc(NC2CCC(=O)NC2=O)c1. The summed E-state index contributed by atoms with van der Waals surface area (Å²) in [7, 11) is 0. The molecule has 1 atom stereocenters. The largest absolute Gasteiger partial charge is 0.365 e. The molecule has 17 heavy (non-hydrogen) atoms. The second kappa shape index (κ2) is 4.87. The Kier molecular flexibility index (Phi) is 3.47. The third-order valence-corrected chi connectivity index (χ3v) is 3.72. The van der Waals surface area contributed by atoms with Gasteiger partial charge in [0, 0.05) is 6.42 Å². The molecule has 0 aromatic carbocycles. The molecule has 1 saturated heterocycles. The molecular formula is C12H16N2O2S. The molecule has 1 aliphatic rings. The summed E-state index contributed by atoms with van der Waals surface area (Å²) >= 11 is 1.60. The molecule has 0 aliphatic carbocycles. The van der Waals surface area contributed by atoms with Crippen LogP contribution in [0.15, 0.2) is 11.4 Å². The van der Waals surface area contributed by atoms with Gasteiger partial charge in [0.2, 0.25) is 11.8 Å². The highest BCUT2D eigenvalue weighted by atomic mass is 32.1. The number of rotatable bonds is 3. The van der Waals surface area contributed by atoms with Crippen LogP contribution in [0.5, 0.6) is 0 Å². The lowest BCUT2D eigenvalue weighted by molar-refractivity contribution is -0.133. The maximum Gasteiger partial charge on any atom is 0.249 e. The summed E-state index contributed by atoms with van der Waals surface area (Å²) in [6.45, 7) is 4.27. The van der Waals surface area contributed by atoms with Crippen molar-refractivity contribution in [3.63, 3.8) is 0 Å². The fourth-order valence-corrected chi connectivity index (χ4v) is 2.75. The summed E-state index contributed by atoms with van der Waals surface area (Å²) in [5.74, 6) is 0.0893. The molecule has 2 amide bonds. The van der Waals surface area contributed by atoms with Crippen LogP contribution in [0.25, 0.3) is 0 Å². The molecule has 1 aromatic heterocycles. The van der Waals surface area contributed by atoms with E-state index in [-0.39, 0.29) is 17.9 Å². The van der Waals surface area contributed by atoms with E-state index in [2.05, 4.69) is 35.9 Å². The fourth-order valence-electron chi connectivity index (χ4n) is 1.73. The van der Waals surface area contributed by atoms with Crippen LogP contribution in [0.4, 0.5) is 5.00 Å². The minimum absolute atomic E-state index is 0.179. The van der Waals surface area contributed by atoms with Crippen molar-refractivity contribution < 1.29 is 9.59 Å². The maximum atomic E-state index is 11.6. The average molecular weight is 252 g/mol. The Balaban J connectivity index is 2.00. The molecule has 1 aromatic rings. The lowest BCUT2D eigenvalue weighted by Gasteiger charge is -2.21. The van der Waals surface area contributed by atoms with E-state index in [1.165, 1.54) is 5.56 Å². The Morgan fingerprint density at radius 2 is 2.24 bits per heavy atom. The highest BCUT2D eigenvalue weighted by molar-refractivity contribution is 7.14. The molecule has 2 heterocycles. The second-order valence-electron chi connectivity index (χ2n) is 4.55. The van der Waals surface area contributed by atoms with E-state index in [1.54, 1.807) is 11.3 Å². The maximum absolute atomic E-state index is 11.6. The monoisotopic (exact) mass is 252 g/mol. The third-order valence-electron chi connectivity index (χ3n) is 2.84. The number of thiophene rings is 1. The molecule has 1 fully saturated rings. The van der Waals surface area contributed by atoms with Crippen LogP contribution < -0.4 is 10.6 Å². The summed E-state index contributed by atoms with van der Waals surface area (Å²) in [5, 5.41) is 8.61. The molecule has 2 rings (SSSR count). The van der Waals surface area contributed by atoms with Crippen LogP contribution in [-0.2, 0) is 9.59 Å². The van der Waals surface area contributed by atoms with Crippen molar-refractivity contribution >= 4 is 28.2 Å². The van der Waals surface area contributed by atoms with Crippen LogP contribution in [0.2, 0.25) is 0 Å². The zero-order chi connectivity index (χ0) is 12.4. The molecule has 4 nitrogen and oxygen atoms in total. The van der Waals surface area contributed by atoms with Gasteiger partial charge in [-0.05, 0) is 29.3 Å². The number of nitrogens with one attached hydrogen (secondary N) is 2. The molecule has 5 heteroatoms. The first-order valence-corrected chi connectivity index (χ1v) is 6.63. The van der Waals surface area contributed by atoms with E-state index < -0.39 is 0 Å². The van der Waals surface area contributed by atoms with E-state index >= 15 is 0 Å². The van der Waals surface area contributed by atoms with Crippen molar-refractivity contribution in [1.82, 2.24) is 5.32 Å². The Hall–Kier alpha value is -1.36. The van der Waals surface area contributed by atoms with Crippen LogP contribution in [0, 0.1) is 0 Å². The molecule has 0 radical (unpaired) electrons. The van der Waals surface area contributed by atoms with Gasteiger partial charge in [-0.15, -0.1) is 11.3 Å². The van der Waals surface area contributed by atoms with Gasteiger partial charge in [0.25, 0.3) is 0 Å². The van der Waals surface area contributed by atoms with Gasteiger partial charge in [-0.1, -0.05) is 13.8 Å². The van der Waals surface area contributed by atoms with Crippen LogP contribution in [0.3, 0.4) is 0 Å². The number of piperidine rings is 1. The number of anilines is 1. The predicted molar refractivity (Wildman–Crippen MR) is 68.2 cm³/mol. The molecule has 2 N–H and O–H groups in total. The first kappa shape index (κ1) is 12.1. The molecular weight excluding hydrogens is 236 g/mol. The quantitative estimate of drug-likeness (QED) is 0.810. The molecule has 0 saturated carbocycles. The minimum Gasteiger partial charge on any atom is -0.365 e. The summed E-state index contributed by atoms with van der Waals surface area (Å²) in [6, 6.07) is 1.78. The lowest BCUT2D eigenvalue weighted by atomic mass is 10.1. The van der Waals surface area contributed by atoms with Crippen molar-refractivity contribution in [2.75, 3.05) is 5.32 Å². The second-order valence-corrected chi connectivity index (χ2v) is 5.46. The van der Waals surface area contributed by atoms with Gasteiger partial charge < -0.3 is 5.32 Å². The Morgan fingerprint density at radius 1 is 1.47 bits per heavy atom. The number of hydrogen-bond acceptors (Lipinski definition) is 4. The highest BCUT2D eigenvalue weighted by Crippen LogP contribution is 2.27. The minimum atomic E-state index is -0.286. The van der Waals surface area contributed by atoms with E-state index in [1.807, 2.05) is 0 Å². The topological polar surface area (TPSA) is 58.2 Å². The summed E-state index contributed by atoms with van der Waals surface area (Å²) < 4.78 is 0. The molecule has 1 unspecified atom stereocenters. The smallest absolute Gasteiger partial charge is 0.249 e. The lowest BCUT2D eigenvalue weighted by Crippen LogP contribution is -2.47. The van der Waals surface area contributed by atoms with Crippen molar-refractivity contribution in [1.29, 1.82) is 0 Å². The van der Waals surface area contributed by atoms with Gasteiger partial charge in [0.05, 0.1) is 5.00 Å². The number of carbonyl (C=O) groups is 2. The van der Waals surface area contributed by atoms with Crippen molar-refractivity contribution in [2.24, 2.45) is 0 Å². The normalized spacial score (nSPS) is 20.5. The Labute approximate surface area is 104 Å². The van der Waals surface area contributed by atoms with Gasteiger partial charge >= 0.3 is 0 Å². The Bertz CT molecular complexity index is 439. The predicted octanol–water partition coefficient (Wildman–Crippen LogP) is 2.09. The number of hydrogen-bond donors (Lipinski definition) is 2. The van der Waals surface area contributed by atoms with E-state index in [9.17, 15) is 9.59 Å². The summed E-state index contributed by atoms with van der Waals surface area (Å²) in [4.78, 5) is 22.6. The van der Waals surface area contributed by atoms with Crippen molar-refractivity contribution in [3.05, 3.63) is 17.0 Å². The zero-order valence-electron chi connectivity index (χ0n) is 9.95. The van der Waals surface area contributed by atoms with Gasteiger partial charge in [-0.25, -0.2) is 0 Å². The highest BCUT2D eigenvalue weighted by Gasteiger charge is 2.26. The first-order chi connectivity index (χ1) is 8.06. The van der Waals surface area contributed by atoms with E-state index in [4.69, 9.17) is 0 Å². The molecule has 92 valence electrons. The first-order valence-electron chi connectivity index (χ1n) is 5.75. The number of imide groups is 1. The van der Waals surface area contributed by atoms with Crippen molar-refractivity contribution in [3.8, 4) is 0 Å². The third kappa shape index (κ3) is 2.85. The van der Waals surface area contributed by atoms with Gasteiger partial charge in [0.1, 0.15) is 6.04 Å². The van der Waals surface area contributed by atoms with Crippen LogP contribution in [-0.4, -0.2) is 17.9 Å². The molecule has 0 spiro atoms. The fraction of sp³-hybridized carbons (Fsp3) is 0.500. The standard InChI is InChI=1S/C12H16N2O2S/c1-7(2)8-5-11(17-6-8)13-9-3-4-10(15)14-12(9)16/h5-7,9,13H,3-4H2,1-2H3,(H,14,15,16). The van der Waals surface area contributed by atoms with Crippen LogP contribution >= 0.6 is 11.3 Å². The molecule has 1 aliphatic heterocycles. The summed E-state index contributed by atoms with van der Waals surface area (Å²) in [5.41, 5.74) is 1.27. The summed E-state index contributed by atoms with van der Waals surface area (Å²) in [6.07, 6.45) is 0.978. The zero-order valence-corrected chi connectivity index (χ0v) is 10.8. The van der Waals surface area contributed by atoms with E-state index in [0.717, 1.165) is 5.00 Å². The van der Waals surface area contributed by atoms with Gasteiger partial charge in [-0.2, -0.15) is 0 Å². The van der Waals surface area contributed by atoms with Gasteiger partial charge in [-0.3, -0.25) is 14.9 Å². The van der Waals surface area contributed by atoms with Crippen LogP contribution in [0.1, 0.15) is 38.2 Å². The Morgan fingerprint density at radius 3 is 2.82 bits per heavy atom.